The Morgan fingerprint density at radius 3 is 2.23 bits per heavy atom. The van der Waals surface area contributed by atoms with Crippen LogP contribution in [0.15, 0.2) is 72.8 Å². The van der Waals surface area contributed by atoms with Crippen LogP contribution < -0.4 is 20.7 Å². The number of ether oxygens (including phenoxy) is 1. The number of urea groups is 1. The highest BCUT2D eigenvalue weighted by Gasteiger charge is 2.20. The molecule has 4 rings (SSSR count). The molecule has 0 saturated carbocycles. The Labute approximate surface area is 280 Å². The molecule has 1 aliphatic heterocycles. The fraction of sp³-hybridized carbons (Fsp3) is 0.447. The SMILES string of the molecule is CCOc1cccc(NC(=O)N(CCCN2CCC(C)CC2)Cc2ccc(C(=O)Nc3ccccc3NC(=O)CC(C)(C)C)cc2)c1. The van der Waals surface area contributed by atoms with Crippen LogP contribution in [0.25, 0.3) is 0 Å². The lowest BCUT2D eigenvalue weighted by molar-refractivity contribution is -0.117. The number of benzene rings is 3. The summed E-state index contributed by atoms with van der Waals surface area (Å²) >= 11 is 0. The highest BCUT2D eigenvalue weighted by Crippen LogP contribution is 2.25. The summed E-state index contributed by atoms with van der Waals surface area (Å²) in [5.74, 6) is 1.10. The first-order valence-corrected chi connectivity index (χ1v) is 16.8. The van der Waals surface area contributed by atoms with Crippen molar-refractivity contribution in [2.75, 3.05) is 48.7 Å². The summed E-state index contributed by atoms with van der Waals surface area (Å²) in [5, 5.41) is 8.90. The zero-order chi connectivity index (χ0) is 33.8. The second kappa shape index (κ2) is 17.0. The van der Waals surface area contributed by atoms with Crippen molar-refractivity contribution >= 4 is 34.9 Å². The summed E-state index contributed by atoms with van der Waals surface area (Å²) in [6.45, 7) is 15.0. The van der Waals surface area contributed by atoms with Gasteiger partial charge in [-0.25, -0.2) is 4.79 Å². The molecule has 1 saturated heterocycles. The molecule has 0 atom stereocenters. The van der Waals surface area contributed by atoms with Gasteiger partial charge in [0, 0.05) is 36.8 Å². The highest BCUT2D eigenvalue weighted by atomic mass is 16.5. The number of amides is 4. The third kappa shape index (κ3) is 11.7. The maximum Gasteiger partial charge on any atom is 0.322 e. The van der Waals surface area contributed by atoms with Crippen LogP contribution in [-0.4, -0.2) is 60.4 Å². The zero-order valence-electron chi connectivity index (χ0n) is 28.6. The van der Waals surface area contributed by atoms with Crippen molar-refractivity contribution in [1.29, 1.82) is 0 Å². The van der Waals surface area contributed by atoms with Gasteiger partial charge in [0.1, 0.15) is 5.75 Å². The van der Waals surface area contributed by atoms with Gasteiger partial charge in [-0.1, -0.05) is 58.0 Å². The molecule has 252 valence electrons. The van der Waals surface area contributed by atoms with Gasteiger partial charge < -0.3 is 30.5 Å². The van der Waals surface area contributed by atoms with Crippen molar-refractivity contribution in [3.8, 4) is 5.75 Å². The van der Waals surface area contributed by atoms with Gasteiger partial charge in [0.15, 0.2) is 0 Å². The standard InChI is InChI=1S/C38H51N5O4/c1-6-47-32-12-9-11-31(25-32)39-37(46)43(22-10-21-42-23-19-28(2)20-24-42)27-29-15-17-30(18-16-29)36(45)41-34-14-8-7-13-33(34)40-35(44)26-38(3,4)5/h7-9,11-18,25,28H,6,10,19-24,26-27H2,1-5H3,(H,39,46)(H,40,44)(H,41,45). The van der Waals surface area contributed by atoms with Crippen LogP contribution in [-0.2, 0) is 11.3 Å². The molecule has 1 fully saturated rings. The third-order valence-electron chi connectivity index (χ3n) is 8.19. The molecule has 1 aliphatic rings. The summed E-state index contributed by atoms with van der Waals surface area (Å²) < 4.78 is 5.61. The smallest absolute Gasteiger partial charge is 0.322 e. The maximum atomic E-state index is 13.5. The van der Waals surface area contributed by atoms with Crippen LogP contribution in [0, 0.1) is 11.3 Å². The minimum atomic E-state index is -0.284. The fourth-order valence-corrected chi connectivity index (χ4v) is 5.61. The molecule has 4 amide bonds. The first kappa shape index (κ1) is 35.5. The number of nitrogens with one attached hydrogen (secondary N) is 3. The Hall–Kier alpha value is -4.37. The van der Waals surface area contributed by atoms with Gasteiger partial charge in [-0.05, 0) is 99.1 Å². The number of piperidine rings is 1. The zero-order valence-corrected chi connectivity index (χ0v) is 28.6. The lowest BCUT2D eigenvalue weighted by Crippen LogP contribution is -2.38. The van der Waals surface area contributed by atoms with Crippen molar-refractivity contribution in [3.63, 3.8) is 0 Å². The molecule has 3 aromatic carbocycles. The monoisotopic (exact) mass is 641 g/mol. The molecule has 3 N–H and O–H groups in total. The van der Waals surface area contributed by atoms with Crippen LogP contribution >= 0.6 is 0 Å². The van der Waals surface area contributed by atoms with Crippen molar-refractivity contribution in [3.05, 3.63) is 83.9 Å². The Kier molecular flexibility index (Phi) is 12.8. The van der Waals surface area contributed by atoms with E-state index in [1.54, 1.807) is 24.3 Å². The normalized spacial score (nSPS) is 13.9. The predicted octanol–water partition coefficient (Wildman–Crippen LogP) is 7.87. The fourth-order valence-electron chi connectivity index (χ4n) is 5.61. The van der Waals surface area contributed by atoms with Gasteiger partial charge in [0.05, 0.1) is 18.0 Å². The van der Waals surface area contributed by atoms with Crippen molar-refractivity contribution in [2.24, 2.45) is 11.3 Å². The van der Waals surface area contributed by atoms with Crippen molar-refractivity contribution in [1.82, 2.24) is 9.80 Å². The molecular weight excluding hydrogens is 590 g/mol. The quantitative estimate of drug-likeness (QED) is 0.176. The molecule has 0 aromatic heterocycles. The molecule has 47 heavy (non-hydrogen) atoms. The van der Waals surface area contributed by atoms with Gasteiger partial charge in [-0.2, -0.15) is 0 Å². The van der Waals surface area contributed by atoms with Crippen LogP contribution in [0.2, 0.25) is 0 Å². The van der Waals surface area contributed by atoms with E-state index in [-0.39, 0.29) is 23.3 Å². The second-order valence-electron chi connectivity index (χ2n) is 13.7. The number of hydrogen-bond acceptors (Lipinski definition) is 5. The Morgan fingerprint density at radius 2 is 1.57 bits per heavy atom. The molecule has 1 heterocycles. The highest BCUT2D eigenvalue weighted by molar-refractivity contribution is 6.07. The number of para-hydroxylation sites is 2. The Balaban J connectivity index is 1.41. The molecule has 0 aliphatic carbocycles. The predicted molar refractivity (Wildman–Crippen MR) is 190 cm³/mol. The van der Waals surface area contributed by atoms with E-state index in [4.69, 9.17) is 4.74 Å². The number of hydrogen-bond donors (Lipinski definition) is 3. The number of carbonyl (C=O) groups excluding carboxylic acids is 3. The number of carbonyl (C=O) groups is 3. The lowest BCUT2D eigenvalue weighted by Gasteiger charge is -2.31. The minimum Gasteiger partial charge on any atom is -0.494 e. The van der Waals surface area contributed by atoms with Gasteiger partial charge in [-0.3, -0.25) is 9.59 Å². The van der Waals surface area contributed by atoms with Crippen LogP contribution in [0.5, 0.6) is 5.75 Å². The summed E-state index contributed by atoms with van der Waals surface area (Å²) in [4.78, 5) is 43.6. The summed E-state index contributed by atoms with van der Waals surface area (Å²) in [6, 6.07) is 21.7. The van der Waals surface area contributed by atoms with E-state index in [9.17, 15) is 14.4 Å². The van der Waals surface area contributed by atoms with E-state index in [0.29, 0.717) is 54.5 Å². The Bertz CT molecular complexity index is 1480. The number of anilines is 3. The van der Waals surface area contributed by atoms with E-state index in [1.165, 1.54) is 12.8 Å². The maximum absolute atomic E-state index is 13.5. The molecular formula is C38H51N5O4. The summed E-state index contributed by atoms with van der Waals surface area (Å²) in [6.07, 6.45) is 3.67. The lowest BCUT2D eigenvalue weighted by atomic mass is 9.92. The first-order chi connectivity index (χ1) is 22.5. The number of rotatable bonds is 13. The van der Waals surface area contributed by atoms with Gasteiger partial charge in [0.2, 0.25) is 5.91 Å². The first-order valence-electron chi connectivity index (χ1n) is 16.8. The summed E-state index contributed by atoms with van der Waals surface area (Å²) in [7, 11) is 0. The topological polar surface area (TPSA) is 103 Å². The molecule has 0 unspecified atom stereocenters. The van der Waals surface area contributed by atoms with E-state index in [2.05, 4.69) is 27.8 Å². The van der Waals surface area contributed by atoms with Crippen molar-refractivity contribution < 1.29 is 19.1 Å². The van der Waals surface area contributed by atoms with Crippen LogP contribution in [0.1, 0.15) is 76.2 Å². The second-order valence-corrected chi connectivity index (χ2v) is 13.7. The third-order valence-corrected chi connectivity index (χ3v) is 8.19. The molecule has 3 aromatic rings. The average molecular weight is 642 g/mol. The largest absolute Gasteiger partial charge is 0.494 e. The van der Waals surface area contributed by atoms with Gasteiger partial charge >= 0.3 is 6.03 Å². The van der Waals surface area contributed by atoms with Gasteiger partial charge in [0.25, 0.3) is 5.91 Å². The Morgan fingerprint density at radius 1 is 0.894 bits per heavy atom. The minimum absolute atomic E-state index is 0.107. The van der Waals surface area contributed by atoms with E-state index < -0.39 is 0 Å². The molecule has 0 radical (unpaired) electrons. The average Bonchev–Trinajstić information content (AvgIpc) is 3.02. The van der Waals surface area contributed by atoms with Crippen molar-refractivity contribution in [2.45, 2.75) is 66.8 Å². The molecule has 0 spiro atoms. The van der Waals surface area contributed by atoms with Crippen LogP contribution in [0.3, 0.4) is 0 Å². The number of likely N-dealkylation sites (tertiary alicyclic amines) is 1. The number of nitrogens with zero attached hydrogens (tertiary/aromatic N) is 2. The van der Waals surface area contributed by atoms with E-state index in [0.717, 1.165) is 37.5 Å². The van der Waals surface area contributed by atoms with Crippen LogP contribution in [0.4, 0.5) is 21.9 Å². The summed E-state index contributed by atoms with van der Waals surface area (Å²) in [5.41, 5.74) is 3.01. The van der Waals surface area contributed by atoms with E-state index >= 15 is 0 Å². The van der Waals surface area contributed by atoms with E-state index in [1.807, 2.05) is 81.1 Å². The molecule has 9 heteroatoms. The van der Waals surface area contributed by atoms with Gasteiger partial charge in [-0.15, -0.1) is 0 Å². The molecule has 9 nitrogen and oxygen atoms in total. The molecule has 0 bridgehead atoms.